The van der Waals surface area contributed by atoms with Crippen LogP contribution >= 0.6 is 11.6 Å². The molecule has 0 aromatic heterocycles. The molecule has 1 saturated heterocycles. The van der Waals surface area contributed by atoms with E-state index in [0.29, 0.717) is 17.1 Å². The van der Waals surface area contributed by atoms with Gasteiger partial charge in [-0.25, -0.2) is 4.39 Å². The number of likely N-dealkylation sites (tertiary alicyclic amines) is 1. The van der Waals surface area contributed by atoms with E-state index in [-0.39, 0.29) is 23.7 Å². The first-order valence-corrected chi connectivity index (χ1v) is 10.3. The first kappa shape index (κ1) is 20.8. The molecule has 28 heavy (non-hydrogen) atoms. The number of halogens is 2. The number of benzene rings is 2. The van der Waals surface area contributed by atoms with Gasteiger partial charge in [0.2, 0.25) is 5.91 Å². The van der Waals surface area contributed by atoms with Crippen LogP contribution in [0.4, 0.5) is 4.39 Å². The number of nitrogens with zero attached hydrogens (tertiary/aromatic N) is 1. The molecular weight excluding hydrogens is 375 g/mol. The third kappa shape index (κ3) is 4.92. The van der Waals surface area contributed by atoms with Crippen molar-refractivity contribution in [2.45, 2.75) is 46.2 Å². The summed E-state index contributed by atoms with van der Waals surface area (Å²) in [5.74, 6) is -0.161. The van der Waals surface area contributed by atoms with Crippen molar-refractivity contribution in [3.8, 4) is 0 Å². The van der Waals surface area contributed by atoms with E-state index in [4.69, 9.17) is 11.6 Å². The molecule has 1 atom stereocenters. The van der Waals surface area contributed by atoms with Crippen molar-refractivity contribution < 1.29 is 9.18 Å². The van der Waals surface area contributed by atoms with Crippen molar-refractivity contribution in [3.63, 3.8) is 0 Å². The maximum Gasteiger partial charge on any atom is 0.223 e. The SMILES string of the molecule is Cc1ccc(C)c(C(C)NC(=O)C2CCN(Cc3c(F)cccc3Cl)CC2)c1. The van der Waals surface area contributed by atoms with Crippen LogP contribution in [0.1, 0.15) is 48.1 Å². The predicted molar refractivity (Wildman–Crippen MR) is 112 cm³/mol. The van der Waals surface area contributed by atoms with Gasteiger partial charge in [-0.1, -0.05) is 41.4 Å². The summed E-state index contributed by atoms with van der Waals surface area (Å²) in [4.78, 5) is 14.9. The summed E-state index contributed by atoms with van der Waals surface area (Å²) >= 11 is 6.14. The Bertz CT molecular complexity index is 826. The summed E-state index contributed by atoms with van der Waals surface area (Å²) in [6, 6.07) is 11.1. The number of nitrogens with one attached hydrogen (secondary N) is 1. The van der Waals surface area contributed by atoms with Crippen LogP contribution in [0, 0.1) is 25.6 Å². The number of carbonyl (C=O) groups is 1. The second-order valence-corrected chi connectivity index (χ2v) is 8.25. The lowest BCUT2D eigenvalue weighted by Gasteiger charge is -2.32. The number of hydrogen-bond acceptors (Lipinski definition) is 2. The van der Waals surface area contributed by atoms with E-state index in [1.807, 2.05) is 6.92 Å². The lowest BCUT2D eigenvalue weighted by atomic mass is 9.94. The Labute approximate surface area is 171 Å². The van der Waals surface area contributed by atoms with Crippen LogP contribution in [0.5, 0.6) is 0 Å². The Morgan fingerprint density at radius 3 is 2.64 bits per heavy atom. The Balaban J connectivity index is 1.54. The molecule has 3 rings (SSSR count). The van der Waals surface area contributed by atoms with Gasteiger partial charge in [-0.15, -0.1) is 0 Å². The number of amides is 1. The molecule has 1 heterocycles. The largest absolute Gasteiger partial charge is 0.349 e. The molecule has 0 spiro atoms. The highest BCUT2D eigenvalue weighted by Gasteiger charge is 2.27. The zero-order chi connectivity index (χ0) is 20.3. The van der Waals surface area contributed by atoms with Gasteiger partial charge in [0.1, 0.15) is 5.82 Å². The molecule has 0 saturated carbocycles. The monoisotopic (exact) mass is 402 g/mol. The summed E-state index contributed by atoms with van der Waals surface area (Å²) in [6.07, 6.45) is 1.55. The first-order valence-electron chi connectivity index (χ1n) is 9.88. The van der Waals surface area contributed by atoms with Crippen LogP contribution < -0.4 is 5.32 Å². The topological polar surface area (TPSA) is 32.3 Å². The van der Waals surface area contributed by atoms with Crippen LogP contribution in [0.2, 0.25) is 5.02 Å². The smallest absolute Gasteiger partial charge is 0.223 e. The summed E-state index contributed by atoms with van der Waals surface area (Å²) in [5.41, 5.74) is 4.09. The molecule has 1 unspecified atom stereocenters. The maximum absolute atomic E-state index is 14.0. The quantitative estimate of drug-likeness (QED) is 0.746. The third-order valence-corrected chi connectivity index (χ3v) is 6.02. The van der Waals surface area contributed by atoms with Crippen LogP contribution in [0.15, 0.2) is 36.4 Å². The minimum atomic E-state index is -0.269. The molecule has 0 aliphatic carbocycles. The molecular formula is C23H28ClFN2O. The highest BCUT2D eigenvalue weighted by molar-refractivity contribution is 6.31. The molecule has 5 heteroatoms. The minimum absolute atomic E-state index is 0.0000856. The number of rotatable bonds is 5. The van der Waals surface area contributed by atoms with Crippen LogP contribution in [-0.4, -0.2) is 23.9 Å². The molecule has 1 aliphatic rings. The zero-order valence-corrected chi connectivity index (χ0v) is 17.5. The highest BCUT2D eigenvalue weighted by atomic mass is 35.5. The molecule has 0 bridgehead atoms. The van der Waals surface area contributed by atoms with Gasteiger partial charge in [-0.2, -0.15) is 0 Å². The predicted octanol–water partition coefficient (Wildman–Crippen LogP) is 5.19. The van der Waals surface area contributed by atoms with Gasteiger partial charge < -0.3 is 5.32 Å². The molecule has 3 nitrogen and oxygen atoms in total. The molecule has 1 amide bonds. The molecule has 2 aromatic rings. The lowest BCUT2D eigenvalue weighted by molar-refractivity contribution is -0.127. The molecule has 1 aliphatic heterocycles. The normalized spacial score (nSPS) is 16.8. The van der Waals surface area contributed by atoms with Crippen molar-refractivity contribution >= 4 is 17.5 Å². The average molecular weight is 403 g/mol. The van der Waals surface area contributed by atoms with Crippen LogP contribution in [0.3, 0.4) is 0 Å². The third-order valence-electron chi connectivity index (χ3n) is 5.66. The zero-order valence-electron chi connectivity index (χ0n) is 16.8. The second-order valence-electron chi connectivity index (χ2n) is 7.84. The average Bonchev–Trinajstić information content (AvgIpc) is 2.67. The Kier molecular flexibility index (Phi) is 6.73. The maximum atomic E-state index is 14.0. The minimum Gasteiger partial charge on any atom is -0.349 e. The fourth-order valence-corrected chi connectivity index (χ4v) is 4.12. The van der Waals surface area contributed by atoms with Gasteiger partial charge in [0.25, 0.3) is 0 Å². The van der Waals surface area contributed by atoms with Crippen molar-refractivity contribution in [2.24, 2.45) is 5.92 Å². The molecule has 1 fully saturated rings. The Morgan fingerprint density at radius 2 is 1.96 bits per heavy atom. The molecule has 150 valence electrons. The Morgan fingerprint density at radius 1 is 1.25 bits per heavy atom. The fraction of sp³-hybridized carbons (Fsp3) is 0.435. The lowest BCUT2D eigenvalue weighted by Crippen LogP contribution is -2.41. The van der Waals surface area contributed by atoms with Crippen molar-refractivity contribution in [3.05, 3.63) is 69.5 Å². The molecule has 2 aromatic carbocycles. The second kappa shape index (κ2) is 9.06. The molecule has 0 radical (unpaired) electrons. The van der Waals surface area contributed by atoms with Crippen molar-refractivity contribution in [2.75, 3.05) is 13.1 Å². The first-order chi connectivity index (χ1) is 13.3. The van der Waals surface area contributed by atoms with E-state index in [0.717, 1.165) is 25.9 Å². The van der Waals surface area contributed by atoms with Gasteiger partial charge in [0.05, 0.1) is 6.04 Å². The summed E-state index contributed by atoms with van der Waals surface area (Å²) in [7, 11) is 0. The van der Waals surface area contributed by atoms with Crippen molar-refractivity contribution in [1.29, 1.82) is 0 Å². The standard InChI is InChI=1S/C23H28ClFN2O/c1-15-7-8-16(2)19(13-15)17(3)26-23(28)18-9-11-27(12-10-18)14-20-21(24)5-4-6-22(20)25/h4-8,13,17-18H,9-12,14H2,1-3H3,(H,26,28). The summed E-state index contributed by atoms with van der Waals surface area (Å²) in [6.45, 7) is 8.19. The van der Waals surface area contributed by atoms with E-state index in [1.54, 1.807) is 12.1 Å². The van der Waals surface area contributed by atoms with Gasteiger partial charge >= 0.3 is 0 Å². The highest BCUT2D eigenvalue weighted by Crippen LogP contribution is 2.25. The number of piperidine rings is 1. The van der Waals surface area contributed by atoms with Crippen molar-refractivity contribution in [1.82, 2.24) is 10.2 Å². The van der Waals surface area contributed by atoms with E-state index in [1.165, 1.54) is 22.8 Å². The number of aryl methyl sites for hydroxylation is 2. The van der Waals surface area contributed by atoms with E-state index in [9.17, 15) is 9.18 Å². The van der Waals surface area contributed by atoms with Gasteiger partial charge in [-0.3, -0.25) is 9.69 Å². The number of hydrogen-bond donors (Lipinski definition) is 1. The van der Waals surface area contributed by atoms with Gasteiger partial charge in [-0.05, 0) is 70.0 Å². The number of carbonyl (C=O) groups excluding carboxylic acids is 1. The Hall–Kier alpha value is -1.91. The van der Waals surface area contributed by atoms with E-state index < -0.39 is 0 Å². The van der Waals surface area contributed by atoms with Gasteiger partial charge in [0, 0.05) is 23.0 Å². The van der Waals surface area contributed by atoms with Crippen LogP contribution in [-0.2, 0) is 11.3 Å². The van der Waals surface area contributed by atoms with E-state index in [2.05, 4.69) is 42.3 Å². The van der Waals surface area contributed by atoms with Gasteiger partial charge in [0.15, 0.2) is 0 Å². The summed E-state index contributed by atoms with van der Waals surface area (Å²) in [5, 5.41) is 3.64. The van der Waals surface area contributed by atoms with E-state index >= 15 is 0 Å². The fourth-order valence-electron chi connectivity index (χ4n) is 3.90. The van der Waals surface area contributed by atoms with Crippen LogP contribution in [0.25, 0.3) is 0 Å². The molecule has 1 N–H and O–H groups in total. The summed E-state index contributed by atoms with van der Waals surface area (Å²) < 4.78 is 14.0.